The third-order valence-electron chi connectivity index (χ3n) is 4.39. The van der Waals surface area contributed by atoms with Crippen LogP contribution >= 0.6 is 0 Å². The van der Waals surface area contributed by atoms with Crippen molar-refractivity contribution in [2.24, 2.45) is 0 Å². The molecule has 0 aliphatic heterocycles. The highest BCUT2D eigenvalue weighted by Crippen LogP contribution is 2.26. The van der Waals surface area contributed by atoms with Crippen LogP contribution in [0.5, 0.6) is 0 Å². The SMILES string of the molecule is CCNCc1cnc(N(C)C2CCCCCC2)c(C)c1. The molecular formula is C17H29N3. The standard InChI is InChI=1S/C17H29N3/c1-4-18-12-15-11-14(2)17(19-13-15)20(3)16-9-7-5-6-8-10-16/h11,13,16,18H,4-10,12H2,1-3H3. The van der Waals surface area contributed by atoms with Crippen LogP contribution in [0.2, 0.25) is 0 Å². The number of aryl methyl sites for hydroxylation is 1. The lowest BCUT2D eigenvalue weighted by Gasteiger charge is -2.29. The lowest BCUT2D eigenvalue weighted by Crippen LogP contribution is -2.32. The molecule has 2 rings (SSSR count). The molecule has 112 valence electrons. The van der Waals surface area contributed by atoms with Crippen molar-refractivity contribution in [3.05, 3.63) is 23.4 Å². The molecule has 0 spiro atoms. The fraction of sp³-hybridized carbons (Fsp3) is 0.706. The molecule has 1 aromatic rings. The molecule has 0 radical (unpaired) electrons. The van der Waals surface area contributed by atoms with Gasteiger partial charge in [0.25, 0.3) is 0 Å². The van der Waals surface area contributed by atoms with Gasteiger partial charge in [-0.25, -0.2) is 4.98 Å². The quantitative estimate of drug-likeness (QED) is 0.831. The van der Waals surface area contributed by atoms with Gasteiger partial charge in [-0.15, -0.1) is 0 Å². The maximum absolute atomic E-state index is 4.72. The molecule has 0 aromatic carbocycles. The average Bonchev–Trinajstić information content (AvgIpc) is 2.73. The first-order chi connectivity index (χ1) is 9.72. The van der Waals surface area contributed by atoms with Crippen molar-refractivity contribution in [1.29, 1.82) is 0 Å². The van der Waals surface area contributed by atoms with Gasteiger partial charge in [-0.2, -0.15) is 0 Å². The maximum Gasteiger partial charge on any atom is 0.131 e. The Bertz CT molecular complexity index is 409. The normalized spacial score (nSPS) is 16.9. The Morgan fingerprint density at radius 3 is 2.55 bits per heavy atom. The van der Waals surface area contributed by atoms with Crippen molar-refractivity contribution in [1.82, 2.24) is 10.3 Å². The molecule has 1 fully saturated rings. The Labute approximate surface area is 123 Å². The molecule has 1 N–H and O–H groups in total. The van der Waals surface area contributed by atoms with Crippen molar-refractivity contribution in [2.75, 3.05) is 18.5 Å². The molecule has 1 saturated carbocycles. The van der Waals surface area contributed by atoms with Crippen molar-refractivity contribution in [3.8, 4) is 0 Å². The van der Waals surface area contributed by atoms with E-state index >= 15 is 0 Å². The fourth-order valence-electron chi connectivity index (χ4n) is 3.18. The summed E-state index contributed by atoms with van der Waals surface area (Å²) in [6, 6.07) is 2.95. The second-order valence-corrected chi connectivity index (χ2v) is 6.02. The molecule has 3 nitrogen and oxygen atoms in total. The summed E-state index contributed by atoms with van der Waals surface area (Å²) in [5, 5.41) is 3.36. The smallest absolute Gasteiger partial charge is 0.131 e. The van der Waals surface area contributed by atoms with Crippen molar-refractivity contribution in [3.63, 3.8) is 0 Å². The van der Waals surface area contributed by atoms with Crippen LogP contribution < -0.4 is 10.2 Å². The van der Waals surface area contributed by atoms with E-state index in [1.54, 1.807) is 0 Å². The third-order valence-corrected chi connectivity index (χ3v) is 4.39. The van der Waals surface area contributed by atoms with E-state index in [2.05, 4.69) is 37.2 Å². The number of hydrogen-bond donors (Lipinski definition) is 1. The number of nitrogens with zero attached hydrogens (tertiary/aromatic N) is 2. The van der Waals surface area contributed by atoms with Gasteiger partial charge in [0.15, 0.2) is 0 Å². The van der Waals surface area contributed by atoms with Crippen LogP contribution in [-0.4, -0.2) is 24.6 Å². The molecule has 1 aliphatic rings. The summed E-state index contributed by atoms with van der Waals surface area (Å²) in [4.78, 5) is 7.14. The van der Waals surface area contributed by atoms with Gasteiger partial charge in [-0.05, 0) is 43.5 Å². The van der Waals surface area contributed by atoms with E-state index in [4.69, 9.17) is 4.98 Å². The molecule has 0 bridgehead atoms. The van der Waals surface area contributed by atoms with Crippen LogP contribution in [0.15, 0.2) is 12.3 Å². The first kappa shape index (κ1) is 15.3. The molecule has 1 heterocycles. The van der Waals surface area contributed by atoms with Crippen LogP contribution in [0.4, 0.5) is 5.82 Å². The Morgan fingerprint density at radius 1 is 1.25 bits per heavy atom. The number of pyridine rings is 1. The van der Waals surface area contributed by atoms with Crippen LogP contribution in [0.1, 0.15) is 56.6 Å². The predicted molar refractivity (Wildman–Crippen MR) is 86.2 cm³/mol. The highest BCUT2D eigenvalue weighted by atomic mass is 15.2. The summed E-state index contributed by atoms with van der Waals surface area (Å²) in [6.07, 6.45) is 10.2. The molecule has 0 unspecified atom stereocenters. The average molecular weight is 275 g/mol. The van der Waals surface area contributed by atoms with Crippen molar-refractivity contribution < 1.29 is 0 Å². The molecule has 0 saturated heterocycles. The van der Waals surface area contributed by atoms with Gasteiger partial charge in [0.1, 0.15) is 5.82 Å². The Balaban J connectivity index is 2.06. The number of rotatable bonds is 5. The maximum atomic E-state index is 4.72. The zero-order valence-electron chi connectivity index (χ0n) is 13.3. The summed E-state index contributed by atoms with van der Waals surface area (Å²) in [6.45, 7) is 6.24. The highest BCUT2D eigenvalue weighted by Gasteiger charge is 2.19. The first-order valence-corrected chi connectivity index (χ1v) is 8.11. The largest absolute Gasteiger partial charge is 0.356 e. The Morgan fingerprint density at radius 2 is 1.95 bits per heavy atom. The number of hydrogen-bond acceptors (Lipinski definition) is 3. The number of aromatic nitrogens is 1. The zero-order chi connectivity index (χ0) is 14.4. The minimum Gasteiger partial charge on any atom is -0.356 e. The first-order valence-electron chi connectivity index (χ1n) is 8.11. The molecule has 1 aliphatic carbocycles. The number of nitrogens with one attached hydrogen (secondary N) is 1. The van der Waals surface area contributed by atoms with Gasteiger partial charge in [0, 0.05) is 25.8 Å². The van der Waals surface area contributed by atoms with Gasteiger partial charge in [0.2, 0.25) is 0 Å². The Hall–Kier alpha value is -1.09. The lowest BCUT2D eigenvalue weighted by atomic mass is 10.1. The minimum absolute atomic E-state index is 0.670. The molecule has 1 aromatic heterocycles. The molecule has 0 amide bonds. The summed E-state index contributed by atoms with van der Waals surface area (Å²) >= 11 is 0. The van der Waals surface area contributed by atoms with Crippen LogP contribution in [-0.2, 0) is 6.54 Å². The van der Waals surface area contributed by atoms with Crippen LogP contribution in [0.3, 0.4) is 0 Å². The molecule has 20 heavy (non-hydrogen) atoms. The van der Waals surface area contributed by atoms with Gasteiger partial charge in [0.05, 0.1) is 0 Å². The fourth-order valence-corrected chi connectivity index (χ4v) is 3.18. The zero-order valence-corrected chi connectivity index (χ0v) is 13.3. The Kier molecular flexibility index (Phi) is 5.84. The second-order valence-electron chi connectivity index (χ2n) is 6.02. The van der Waals surface area contributed by atoms with E-state index in [0.717, 1.165) is 18.9 Å². The van der Waals surface area contributed by atoms with E-state index in [1.165, 1.54) is 49.7 Å². The lowest BCUT2D eigenvalue weighted by molar-refractivity contribution is 0.548. The van der Waals surface area contributed by atoms with Gasteiger partial charge in [-0.3, -0.25) is 0 Å². The summed E-state index contributed by atoms with van der Waals surface area (Å²) in [5.41, 5.74) is 2.58. The summed E-state index contributed by atoms with van der Waals surface area (Å²) in [5.74, 6) is 1.16. The van der Waals surface area contributed by atoms with Gasteiger partial charge >= 0.3 is 0 Å². The second kappa shape index (κ2) is 7.63. The minimum atomic E-state index is 0.670. The van der Waals surface area contributed by atoms with Crippen LogP contribution in [0.25, 0.3) is 0 Å². The van der Waals surface area contributed by atoms with E-state index < -0.39 is 0 Å². The topological polar surface area (TPSA) is 28.2 Å². The highest BCUT2D eigenvalue weighted by molar-refractivity contribution is 5.47. The monoisotopic (exact) mass is 275 g/mol. The van der Waals surface area contributed by atoms with Crippen molar-refractivity contribution in [2.45, 2.75) is 65.0 Å². The molecule has 3 heteroatoms. The van der Waals surface area contributed by atoms with Crippen LogP contribution in [0, 0.1) is 6.92 Å². The van der Waals surface area contributed by atoms with E-state index in [-0.39, 0.29) is 0 Å². The van der Waals surface area contributed by atoms with Crippen molar-refractivity contribution >= 4 is 5.82 Å². The van der Waals surface area contributed by atoms with Gasteiger partial charge in [-0.1, -0.05) is 32.6 Å². The molecule has 0 atom stereocenters. The number of anilines is 1. The van der Waals surface area contributed by atoms with E-state index in [9.17, 15) is 0 Å². The van der Waals surface area contributed by atoms with E-state index in [0.29, 0.717) is 6.04 Å². The summed E-state index contributed by atoms with van der Waals surface area (Å²) in [7, 11) is 2.22. The summed E-state index contributed by atoms with van der Waals surface area (Å²) < 4.78 is 0. The molecular weight excluding hydrogens is 246 g/mol. The van der Waals surface area contributed by atoms with E-state index in [1.807, 2.05) is 6.20 Å². The van der Waals surface area contributed by atoms with Gasteiger partial charge < -0.3 is 10.2 Å². The predicted octanol–water partition coefficient (Wildman–Crippen LogP) is 3.66. The third kappa shape index (κ3) is 3.95.